The van der Waals surface area contributed by atoms with Crippen molar-refractivity contribution in [2.75, 3.05) is 20.8 Å². The van der Waals surface area contributed by atoms with E-state index >= 15 is 0 Å². The van der Waals surface area contributed by atoms with E-state index in [1.54, 1.807) is 14.2 Å². The van der Waals surface area contributed by atoms with Gasteiger partial charge in [0.25, 0.3) is 0 Å². The van der Waals surface area contributed by atoms with Crippen molar-refractivity contribution in [3.8, 4) is 11.5 Å². The standard InChI is InChI=1S/C10H11ClO3/c1-12-7-4-3-6(8-5-14-8)9(11)10(7)13-2/h3-4,8H,5H2,1-2H3. The predicted octanol–water partition coefficient (Wildman–Crippen LogP) is 2.43. The van der Waals surface area contributed by atoms with Gasteiger partial charge < -0.3 is 14.2 Å². The largest absolute Gasteiger partial charge is 0.493 e. The zero-order chi connectivity index (χ0) is 10.1. The fourth-order valence-corrected chi connectivity index (χ4v) is 1.74. The molecule has 0 radical (unpaired) electrons. The van der Waals surface area contributed by atoms with Crippen LogP contribution in [-0.2, 0) is 4.74 Å². The van der Waals surface area contributed by atoms with Crippen LogP contribution in [-0.4, -0.2) is 20.8 Å². The Morgan fingerprint density at radius 2 is 2.07 bits per heavy atom. The van der Waals surface area contributed by atoms with E-state index in [0.717, 1.165) is 12.2 Å². The Labute approximate surface area is 87.5 Å². The molecular formula is C10H11ClO3. The van der Waals surface area contributed by atoms with Gasteiger partial charge in [0, 0.05) is 5.56 Å². The van der Waals surface area contributed by atoms with Crippen LogP contribution >= 0.6 is 11.6 Å². The molecule has 0 spiro atoms. The lowest BCUT2D eigenvalue weighted by molar-refractivity contribution is 0.353. The fraction of sp³-hybridized carbons (Fsp3) is 0.400. The number of rotatable bonds is 3. The van der Waals surface area contributed by atoms with Crippen LogP contribution in [0, 0.1) is 0 Å². The van der Waals surface area contributed by atoms with Crippen LogP contribution < -0.4 is 9.47 Å². The van der Waals surface area contributed by atoms with Crippen LogP contribution in [0.1, 0.15) is 11.7 Å². The SMILES string of the molecule is COc1ccc(C2CO2)c(Cl)c1OC. The highest BCUT2D eigenvalue weighted by Crippen LogP contribution is 2.43. The van der Waals surface area contributed by atoms with Crippen molar-refractivity contribution in [1.82, 2.24) is 0 Å². The molecule has 3 nitrogen and oxygen atoms in total. The second kappa shape index (κ2) is 3.67. The summed E-state index contributed by atoms with van der Waals surface area (Å²) in [6.07, 6.45) is 0.127. The Balaban J connectivity index is 2.45. The summed E-state index contributed by atoms with van der Waals surface area (Å²) in [7, 11) is 3.16. The van der Waals surface area contributed by atoms with Gasteiger partial charge in [-0.2, -0.15) is 0 Å². The van der Waals surface area contributed by atoms with Crippen LogP contribution in [0.2, 0.25) is 5.02 Å². The summed E-state index contributed by atoms with van der Waals surface area (Å²) in [4.78, 5) is 0. The average Bonchev–Trinajstić information content (AvgIpc) is 3.00. The first-order valence-corrected chi connectivity index (χ1v) is 4.67. The molecule has 0 saturated carbocycles. The van der Waals surface area contributed by atoms with Crippen molar-refractivity contribution in [3.05, 3.63) is 22.7 Å². The van der Waals surface area contributed by atoms with Crippen molar-refractivity contribution < 1.29 is 14.2 Å². The highest BCUT2D eigenvalue weighted by molar-refractivity contribution is 6.33. The number of methoxy groups -OCH3 is 2. The highest BCUT2D eigenvalue weighted by Gasteiger charge is 2.29. The van der Waals surface area contributed by atoms with Gasteiger partial charge in [0.15, 0.2) is 11.5 Å². The van der Waals surface area contributed by atoms with Gasteiger partial charge in [0.05, 0.1) is 25.8 Å². The van der Waals surface area contributed by atoms with E-state index in [2.05, 4.69) is 0 Å². The molecule has 14 heavy (non-hydrogen) atoms. The maximum atomic E-state index is 6.14. The van der Waals surface area contributed by atoms with E-state index in [1.807, 2.05) is 12.1 Å². The van der Waals surface area contributed by atoms with Crippen molar-refractivity contribution in [2.24, 2.45) is 0 Å². The lowest BCUT2D eigenvalue weighted by atomic mass is 10.1. The molecule has 1 aromatic carbocycles. The third-order valence-electron chi connectivity index (χ3n) is 2.20. The zero-order valence-electron chi connectivity index (χ0n) is 8.04. The molecular weight excluding hydrogens is 204 g/mol. The molecule has 1 aliphatic heterocycles. The molecule has 1 unspecified atom stereocenters. The van der Waals surface area contributed by atoms with Gasteiger partial charge in [-0.3, -0.25) is 0 Å². The molecule has 0 aromatic heterocycles. The zero-order valence-corrected chi connectivity index (χ0v) is 8.80. The number of benzene rings is 1. The average molecular weight is 215 g/mol. The van der Waals surface area contributed by atoms with Crippen molar-refractivity contribution >= 4 is 11.6 Å². The normalized spacial score (nSPS) is 19.2. The first kappa shape index (κ1) is 9.62. The molecule has 1 aliphatic rings. The lowest BCUT2D eigenvalue weighted by Gasteiger charge is -2.11. The molecule has 1 saturated heterocycles. The van der Waals surface area contributed by atoms with Gasteiger partial charge in [-0.15, -0.1) is 0 Å². The minimum atomic E-state index is 0.127. The number of halogens is 1. The molecule has 76 valence electrons. The van der Waals surface area contributed by atoms with Crippen LogP contribution in [0.25, 0.3) is 0 Å². The summed E-state index contributed by atoms with van der Waals surface area (Å²) >= 11 is 6.14. The van der Waals surface area contributed by atoms with Crippen LogP contribution in [0.5, 0.6) is 11.5 Å². The van der Waals surface area contributed by atoms with Crippen molar-refractivity contribution in [2.45, 2.75) is 6.10 Å². The number of ether oxygens (including phenoxy) is 3. The maximum absolute atomic E-state index is 6.14. The third kappa shape index (κ3) is 1.53. The molecule has 2 rings (SSSR count). The van der Waals surface area contributed by atoms with Gasteiger partial charge in [0.2, 0.25) is 0 Å². The summed E-state index contributed by atoms with van der Waals surface area (Å²) in [5.41, 5.74) is 0.962. The Kier molecular flexibility index (Phi) is 2.52. The Morgan fingerprint density at radius 3 is 2.57 bits per heavy atom. The number of epoxide rings is 1. The summed E-state index contributed by atoms with van der Waals surface area (Å²) in [5.74, 6) is 1.21. The van der Waals surface area contributed by atoms with E-state index < -0.39 is 0 Å². The minimum absolute atomic E-state index is 0.127. The summed E-state index contributed by atoms with van der Waals surface area (Å²) < 4.78 is 15.5. The van der Waals surface area contributed by atoms with Gasteiger partial charge in [-0.1, -0.05) is 17.7 Å². The quantitative estimate of drug-likeness (QED) is 0.725. The van der Waals surface area contributed by atoms with E-state index in [9.17, 15) is 0 Å². The van der Waals surface area contributed by atoms with Crippen LogP contribution in [0.3, 0.4) is 0 Å². The smallest absolute Gasteiger partial charge is 0.179 e. The molecule has 1 atom stereocenters. The molecule has 0 amide bonds. The van der Waals surface area contributed by atoms with Crippen LogP contribution in [0.15, 0.2) is 12.1 Å². The molecule has 4 heteroatoms. The van der Waals surface area contributed by atoms with Gasteiger partial charge in [-0.25, -0.2) is 0 Å². The second-order valence-electron chi connectivity index (χ2n) is 3.03. The Bertz CT molecular complexity index is 347. The summed E-state index contributed by atoms with van der Waals surface area (Å²) in [5, 5.41) is 0.578. The summed E-state index contributed by atoms with van der Waals surface area (Å²) in [6, 6.07) is 3.74. The lowest BCUT2D eigenvalue weighted by Crippen LogP contribution is -1.94. The molecule has 1 fully saturated rings. The van der Waals surface area contributed by atoms with Crippen LogP contribution in [0.4, 0.5) is 0 Å². The van der Waals surface area contributed by atoms with E-state index in [1.165, 1.54) is 0 Å². The molecule has 1 heterocycles. The monoisotopic (exact) mass is 214 g/mol. The van der Waals surface area contributed by atoms with Gasteiger partial charge in [-0.05, 0) is 6.07 Å². The molecule has 0 N–H and O–H groups in total. The first-order chi connectivity index (χ1) is 6.77. The first-order valence-electron chi connectivity index (χ1n) is 4.30. The second-order valence-corrected chi connectivity index (χ2v) is 3.40. The van der Waals surface area contributed by atoms with Crippen molar-refractivity contribution in [3.63, 3.8) is 0 Å². The van der Waals surface area contributed by atoms with E-state index in [4.69, 9.17) is 25.8 Å². The highest BCUT2D eigenvalue weighted by atomic mass is 35.5. The van der Waals surface area contributed by atoms with E-state index in [-0.39, 0.29) is 6.10 Å². The molecule has 0 aliphatic carbocycles. The summed E-state index contributed by atoms with van der Waals surface area (Å²) in [6.45, 7) is 0.731. The van der Waals surface area contributed by atoms with Gasteiger partial charge in [0.1, 0.15) is 6.10 Å². The maximum Gasteiger partial charge on any atom is 0.179 e. The molecule has 1 aromatic rings. The number of hydrogen-bond donors (Lipinski definition) is 0. The Morgan fingerprint density at radius 1 is 1.36 bits per heavy atom. The minimum Gasteiger partial charge on any atom is -0.493 e. The number of hydrogen-bond acceptors (Lipinski definition) is 3. The topological polar surface area (TPSA) is 31.0 Å². The third-order valence-corrected chi connectivity index (χ3v) is 2.58. The van der Waals surface area contributed by atoms with Gasteiger partial charge >= 0.3 is 0 Å². The molecule has 0 bridgehead atoms. The van der Waals surface area contributed by atoms with E-state index in [0.29, 0.717) is 16.5 Å². The van der Waals surface area contributed by atoms with Crippen molar-refractivity contribution in [1.29, 1.82) is 0 Å². The Hall–Kier alpha value is -0.930. The predicted molar refractivity (Wildman–Crippen MR) is 53.2 cm³/mol. The fourth-order valence-electron chi connectivity index (χ4n) is 1.38.